The molecule has 21 heavy (non-hydrogen) atoms. The smallest absolute Gasteiger partial charge is 0.0671 e. The van der Waals surface area contributed by atoms with Crippen molar-refractivity contribution in [2.75, 3.05) is 0 Å². The van der Waals surface area contributed by atoms with Crippen LogP contribution in [0.5, 0.6) is 0 Å². The van der Waals surface area contributed by atoms with Crippen LogP contribution in [0, 0.1) is 5.92 Å². The molecule has 0 amide bonds. The van der Waals surface area contributed by atoms with Crippen LogP contribution in [-0.2, 0) is 5.41 Å². The molecule has 4 rings (SSSR count). The lowest BCUT2D eigenvalue weighted by Crippen LogP contribution is -2.37. The Morgan fingerprint density at radius 3 is 2.33 bits per heavy atom. The highest BCUT2D eigenvalue weighted by Gasteiger charge is 2.44. The average molecular weight is 275 g/mol. The van der Waals surface area contributed by atoms with Gasteiger partial charge in [0.05, 0.1) is 11.1 Å². The molecule has 1 heterocycles. The highest BCUT2D eigenvalue weighted by Crippen LogP contribution is 2.50. The molecule has 1 nitrogen and oxygen atoms in total. The first-order chi connectivity index (χ1) is 10.4. The summed E-state index contributed by atoms with van der Waals surface area (Å²) in [5, 5.41) is 0. The van der Waals surface area contributed by atoms with Gasteiger partial charge >= 0.3 is 0 Å². The summed E-state index contributed by atoms with van der Waals surface area (Å²) in [6, 6.07) is 19.7. The minimum atomic E-state index is -0.00171. The van der Waals surface area contributed by atoms with Gasteiger partial charge in [-0.1, -0.05) is 67.8 Å². The van der Waals surface area contributed by atoms with Crippen LogP contribution >= 0.6 is 0 Å². The topological polar surface area (TPSA) is 12.4 Å². The number of para-hydroxylation sites is 1. The van der Waals surface area contributed by atoms with Gasteiger partial charge in [0.15, 0.2) is 0 Å². The number of fused-ring (bicyclic) bond motifs is 1. The fraction of sp³-hybridized carbons (Fsp3) is 0.350. The van der Waals surface area contributed by atoms with Gasteiger partial charge in [-0.05, 0) is 36.0 Å². The Labute approximate surface area is 126 Å². The third-order valence-corrected chi connectivity index (χ3v) is 5.26. The van der Waals surface area contributed by atoms with E-state index in [0.29, 0.717) is 5.92 Å². The zero-order valence-corrected chi connectivity index (χ0v) is 12.3. The molecule has 0 N–H and O–H groups in total. The van der Waals surface area contributed by atoms with Crippen LogP contribution < -0.4 is 0 Å². The van der Waals surface area contributed by atoms with Crippen molar-refractivity contribution >= 4 is 11.9 Å². The molecule has 1 atom stereocenters. The van der Waals surface area contributed by atoms with Gasteiger partial charge < -0.3 is 0 Å². The van der Waals surface area contributed by atoms with Crippen molar-refractivity contribution in [1.29, 1.82) is 0 Å². The molecule has 1 fully saturated rings. The Morgan fingerprint density at radius 1 is 0.810 bits per heavy atom. The lowest BCUT2D eigenvalue weighted by molar-refractivity contribution is 0.297. The van der Waals surface area contributed by atoms with Gasteiger partial charge in [-0.3, -0.25) is 4.99 Å². The maximum absolute atomic E-state index is 4.78. The summed E-state index contributed by atoms with van der Waals surface area (Å²) in [4.78, 5) is 4.78. The summed E-state index contributed by atoms with van der Waals surface area (Å²) in [6.45, 7) is 0. The maximum Gasteiger partial charge on any atom is 0.0671 e. The number of hydrogen-bond acceptors (Lipinski definition) is 1. The molecule has 0 radical (unpaired) electrons. The Bertz CT molecular complexity index is 653. The SMILES string of the molecule is C1=Nc2ccccc2C1(c1ccccc1)C1CCCCC1. The summed E-state index contributed by atoms with van der Waals surface area (Å²) in [6.07, 6.45) is 8.97. The van der Waals surface area contributed by atoms with Crippen LogP contribution in [0.1, 0.15) is 43.2 Å². The highest BCUT2D eigenvalue weighted by atomic mass is 14.8. The van der Waals surface area contributed by atoms with E-state index in [9.17, 15) is 0 Å². The van der Waals surface area contributed by atoms with Crippen LogP contribution in [-0.4, -0.2) is 6.21 Å². The lowest BCUT2D eigenvalue weighted by Gasteiger charge is -2.39. The second kappa shape index (κ2) is 5.14. The Morgan fingerprint density at radius 2 is 1.52 bits per heavy atom. The fourth-order valence-corrected chi connectivity index (χ4v) is 4.24. The third-order valence-electron chi connectivity index (χ3n) is 5.26. The second-order valence-electron chi connectivity index (χ2n) is 6.35. The molecule has 106 valence electrons. The number of benzene rings is 2. The third kappa shape index (κ3) is 1.95. The van der Waals surface area contributed by atoms with Crippen LogP contribution in [0.25, 0.3) is 0 Å². The summed E-state index contributed by atoms with van der Waals surface area (Å²) in [7, 11) is 0. The zero-order valence-electron chi connectivity index (χ0n) is 12.3. The monoisotopic (exact) mass is 275 g/mol. The molecule has 1 aliphatic heterocycles. The van der Waals surface area contributed by atoms with Gasteiger partial charge in [0.1, 0.15) is 0 Å². The molecule has 0 bridgehead atoms. The molecule has 1 aliphatic carbocycles. The first-order valence-corrected chi connectivity index (χ1v) is 8.11. The first-order valence-electron chi connectivity index (χ1n) is 8.11. The average Bonchev–Trinajstić information content (AvgIpc) is 2.97. The van der Waals surface area contributed by atoms with Gasteiger partial charge in [0.2, 0.25) is 0 Å². The fourth-order valence-electron chi connectivity index (χ4n) is 4.24. The molecule has 0 spiro atoms. The van der Waals surface area contributed by atoms with Gasteiger partial charge in [0, 0.05) is 6.21 Å². The molecule has 0 aromatic heterocycles. The van der Waals surface area contributed by atoms with Gasteiger partial charge in [-0.15, -0.1) is 0 Å². The van der Waals surface area contributed by atoms with E-state index < -0.39 is 0 Å². The summed E-state index contributed by atoms with van der Waals surface area (Å²) >= 11 is 0. The van der Waals surface area contributed by atoms with E-state index in [2.05, 4.69) is 60.8 Å². The van der Waals surface area contributed by atoms with Crippen molar-refractivity contribution in [3.8, 4) is 0 Å². The van der Waals surface area contributed by atoms with Crippen LogP contribution in [0.15, 0.2) is 59.6 Å². The van der Waals surface area contributed by atoms with E-state index in [4.69, 9.17) is 4.99 Å². The predicted molar refractivity (Wildman–Crippen MR) is 88.4 cm³/mol. The zero-order chi connectivity index (χ0) is 14.1. The number of rotatable bonds is 2. The summed E-state index contributed by atoms with van der Waals surface area (Å²) in [5.74, 6) is 0.682. The van der Waals surface area contributed by atoms with E-state index in [1.807, 2.05) is 0 Å². The normalized spacial score (nSPS) is 25.0. The molecule has 2 aromatic rings. The summed E-state index contributed by atoms with van der Waals surface area (Å²) in [5.41, 5.74) is 3.97. The van der Waals surface area contributed by atoms with Gasteiger partial charge in [0.25, 0.3) is 0 Å². The summed E-state index contributed by atoms with van der Waals surface area (Å²) < 4.78 is 0. The molecule has 1 saturated carbocycles. The second-order valence-corrected chi connectivity index (χ2v) is 6.35. The minimum absolute atomic E-state index is 0.00171. The molecular formula is C20H21N. The molecule has 2 aliphatic rings. The van der Waals surface area contributed by atoms with Crippen molar-refractivity contribution in [2.45, 2.75) is 37.5 Å². The minimum Gasteiger partial charge on any atom is -0.260 e. The van der Waals surface area contributed by atoms with Crippen LogP contribution in [0.4, 0.5) is 5.69 Å². The van der Waals surface area contributed by atoms with Gasteiger partial charge in [-0.2, -0.15) is 0 Å². The van der Waals surface area contributed by atoms with Crippen molar-refractivity contribution < 1.29 is 0 Å². The van der Waals surface area contributed by atoms with Crippen molar-refractivity contribution in [3.63, 3.8) is 0 Å². The molecule has 1 heteroatoms. The van der Waals surface area contributed by atoms with E-state index >= 15 is 0 Å². The van der Waals surface area contributed by atoms with E-state index in [0.717, 1.165) is 5.69 Å². The van der Waals surface area contributed by atoms with Crippen LogP contribution in [0.2, 0.25) is 0 Å². The van der Waals surface area contributed by atoms with Gasteiger partial charge in [-0.25, -0.2) is 0 Å². The highest BCUT2D eigenvalue weighted by molar-refractivity contribution is 5.89. The first kappa shape index (κ1) is 12.8. The Balaban J connectivity index is 1.90. The number of aliphatic imine (C=N–C) groups is 1. The van der Waals surface area contributed by atoms with Crippen LogP contribution in [0.3, 0.4) is 0 Å². The molecule has 1 unspecified atom stereocenters. The van der Waals surface area contributed by atoms with Crippen molar-refractivity contribution in [2.24, 2.45) is 10.9 Å². The molecule has 0 saturated heterocycles. The quantitative estimate of drug-likeness (QED) is 0.708. The number of nitrogens with zero attached hydrogens (tertiary/aromatic N) is 1. The number of hydrogen-bond donors (Lipinski definition) is 0. The lowest BCUT2D eigenvalue weighted by atomic mass is 9.63. The maximum atomic E-state index is 4.78. The largest absolute Gasteiger partial charge is 0.260 e. The van der Waals surface area contributed by atoms with E-state index in [1.165, 1.54) is 43.2 Å². The standard InChI is InChI=1S/C20H21N/c1-3-9-16(10-4-1)20(17-11-5-2-6-12-17)15-21-19-14-8-7-13-18(19)20/h1,3-4,7-10,13-15,17H,2,5-6,11-12H2. The van der Waals surface area contributed by atoms with E-state index in [1.54, 1.807) is 0 Å². The van der Waals surface area contributed by atoms with Crippen molar-refractivity contribution in [3.05, 3.63) is 65.7 Å². The Hall–Kier alpha value is -1.89. The Kier molecular flexibility index (Phi) is 3.14. The predicted octanol–water partition coefficient (Wildman–Crippen LogP) is 5.27. The van der Waals surface area contributed by atoms with Crippen molar-refractivity contribution in [1.82, 2.24) is 0 Å². The molecule has 2 aromatic carbocycles. The van der Waals surface area contributed by atoms with E-state index in [-0.39, 0.29) is 5.41 Å². The molecular weight excluding hydrogens is 254 g/mol.